The van der Waals surface area contributed by atoms with E-state index < -0.39 is 0 Å². The van der Waals surface area contributed by atoms with Crippen molar-refractivity contribution in [3.05, 3.63) is 48.2 Å². The van der Waals surface area contributed by atoms with Crippen molar-refractivity contribution in [3.63, 3.8) is 0 Å². The SMILES string of the molecule is CCCNCc1ccc(OCCc2ncco2)cc1. The van der Waals surface area contributed by atoms with Gasteiger partial charge in [0.15, 0.2) is 5.89 Å². The normalized spacial score (nSPS) is 10.6. The predicted octanol–water partition coefficient (Wildman–Crippen LogP) is 2.80. The third-order valence-corrected chi connectivity index (χ3v) is 2.75. The van der Waals surface area contributed by atoms with Gasteiger partial charge in [0.25, 0.3) is 0 Å². The molecule has 2 rings (SSSR count). The molecule has 1 aromatic heterocycles. The summed E-state index contributed by atoms with van der Waals surface area (Å²) in [4.78, 5) is 4.05. The third kappa shape index (κ3) is 4.75. The van der Waals surface area contributed by atoms with Gasteiger partial charge in [-0.25, -0.2) is 4.98 Å². The van der Waals surface area contributed by atoms with Gasteiger partial charge in [-0.05, 0) is 30.7 Å². The van der Waals surface area contributed by atoms with E-state index in [1.807, 2.05) is 12.1 Å². The molecule has 1 aromatic carbocycles. The van der Waals surface area contributed by atoms with Crippen LogP contribution in [0.15, 0.2) is 41.1 Å². The molecule has 19 heavy (non-hydrogen) atoms. The van der Waals surface area contributed by atoms with E-state index in [0.717, 1.165) is 25.3 Å². The van der Waals surface area contributed by atoms with Crippen LogP contribution in [0.1, 0.15) is 24.8 Å². The van der Waals surface area contributed by atoms with E-state index >= 15 is 0 Å². The number of ether oxygens (including phenoxy) is 1. The van der Waals surface area contributed by atoms with Gasteiger partial charge >= 0.3 is 0 Å². The van der Waals surface area contributed by atoms with Crippen molar-refractivity contribution in [2.24, 2.45) is 0 Å². The molecule has 0 unspecified atom stereocenters. The first-order chi connectivity index (χ1) is 9.38. The Morgan fingerprint density at radius 1 is 1.26 bits per heavy atom. The molecule has 0 atom stereocenters. The smallest absolute Gasteiger partial charge is 0.197 e. The average Bonchev–Trinajstić information content (AvgIpc) is 2.94. The molecule has 4 heteroatoms. The number of hydrogen-bond acceptors (Lipinski definition) is 4. The number of oxazole rings is 1. The summed E-state index contributed by atoms with van der Waals surface area (Å²) >= 11 is 0. The molecule has 0 aliphatic heterocycles. The van der Waals surface area contributed by atoms with Crippen LogP contribution in [-0.4, -0.2) is 18.1 Å². The van der Waals surface area contributed by atoms with E-state index in [-0.39, 0.29) is 0 Å². The molecule has 0 radical (unpaired) electrons. The van der Waals surface area contributed by atoms with Crippen molar-refractivity contribution in [3.8, 4) is 5.75 Å². The number of nitrogens with zero attached hydrogens (tertiary/aromatic N) is 1. The fourth-order valence-electron chi connectivity index (χ4n) is 1.75. The highest BCUT2D eigenvalue weighted by atomic mass is 16.5. The second-order valence-electron chi connectivity index (χ2n) is 4.35. The molecule has 0 saturated carbocycles. The first-order valence-electron chi connectivity index (χ1n) is 6.69. The van der Waals surface area contributed by atoms with Crippen LogP contribution in [0, 0.1) is 0 Å². The van der Waals surface area contributed by atoms with E-state index in [2.05, 4.69) is 29.4 Å². The highest BCUT2D eigenvalue weighted by molar-refractivity contribution is 5.27. The van der Waals surface area contributed by atoms with Crippen LogP contribution in [0.25, 0.3) is 0 Å². The monoisotopic (exact) mass is 260 g/mol. The van der Waals surface area contributed by atoms with Gasteiger partial charge in [-0.2, -0.15) is 0 Å². The van der Waals surface area contributed by atoms with Gasteiger partial charge in [-0.1, -0.05) is 19.1 Å². The first kappa shape index (κ1) is 13.6. The summed E-state index contributed by atoms with van der Waals surface area (Å²) in [6, 6.07) is 8.17. The topological polar surface area (TPSA) is 47.3 Å². The summed E-state index contributed by atoms with van der Waals surface area (Å²) in [6.07, 6.45) is 5.07. The molecule has 0 fully saturated rings. The van der Waals surface area contributed by atoms with Gasteiger partial charge in [-0.3, -0.25) is 0 Å². The molecule has 0 amide bonds. The van der Waals surface area contributed by atoms with Crippen LogP contribution in [0.3, 0.4) is 0 Å². The first-order valence-corrected chi connectivity index (χ1v) is 6.69. The lowest BCUT2D eigenvalue weighted by molar-refractivity contribution is 0.306. The Labute approximate surface area is 113 Å². The van der Waals surface area contributed by atoms with E-state index in [9.17, 15) is 0 Å². The zero-order valence-corrected chi connectivity index (χ0v) is 11.3. The molecule has 1 heterocycles. The Hall–Kier alpha value is -1.81. The van der Waals surface area contributed by atoms with Crippen LogP contribution >= 0.6 is 0 Å². The number of rotatable bonds is 8. The Morgan fingerprint density at radius 3 is 2.79 bits per heavy atom. The van der Waals surface area contributed by atoms with Gasteiger partial charge in [-0.15, -0.1) is 0 Å². The third-order valence-electron chi connectivity index (χ3n) is 2.75. The fraction of sp³-hybridized carbons (Fsp3) is 0.400. The molecule has 0 aliphatic rings. The van der Waals surface area contributed by atoms with Crippen LogP contribution in [0.4, 0.5) is 0 Å². The van der Waals surface area contributed by atoms with Crippen molar-refractivity contribution in [1.29, 1.82) is 0 Å². The molecular weight excluding hydrogens is 240 g/mol. The van der Waals surface area contributed by atoms with E-state index in [4.69, 9.17) is 9.15 Å². The predicted molar refractivity (Wildman–Crippen MR) is 74.1 cm³/mol. The molecule has 1 N–H and O–H groups in total. The summed E-state index contributed by atoms with van der Waals surface area (Å²) in [5.74, 6) is 1.59. The van der Waals surface area contributed by atoms with Crippen LogP contribution in [0.5, 0.6) is 5.75 Å². The maximum atomic E-state index is 5.64. The second kappa shape index (κ2) is 7.59. The van der Waals surface area contributed by atoms with Crippen molar-refractivity contribution < 1.29 is 9.15 Å². The highest BCUT2D eigenvalue weighted by Gasteiger charge is 1.99. The van der Waals surface area contributed by atoms with Gasteiger partial charge in [0.1, 0.15) is 12.0 Å². The molecule has 0 spiro atoms. The van der Waals surface area contributed by atoms with E-state index in [1.165, 1.54) is 5.56 Å². The van der Waals surface area contributed by atoms with Gasteiger partial charge in [0.2, 0.25) is 0 Å². The number of aromatic nitrogens is 1. The molecular formula is C15H20N2O2. The zero-order valence-electron chi connectivity index (χ0n) is 11.3. The zero-order chi connectivity index (χ0) is 13.3. The minimum atomic E-state index is 0.577. The summed E-state index contributed by atoms with van der Waals surface area (Å²) in [5, 5.41) is 3.37. The molecule has 0 saturated heterocycles. The summed E-state index contributed by atoms with van der Waals surface area (Å²) in [7, 11) is 0. The minimum Gasteiger partial charge on any atom is -0.493 e. The van der Waals surface area contributed by atoms with E-state index in [1.54, 1.807) is 12.5 Å². The number of benzene rings is 1. The maximum absolute atomic E-state index is 5.64. The van der Waals surface area contributed by atoms with Crippen LogP contribution < -0.4 is 10.1 Å². The van der Waals surface area contributed by atoms with E-state index in [0.29, 0.717) is 18.9 Å². The molecule has 0 bridgehead atoms. The Morgan fingerprint density at radius 2 is 2.11 bits per heavy atom. The largest absolute Gasteiger partial charge is 0.493 e. The van der Waals surface area contributed by atoms with Crippen molar-refractivity contribution in [1.82, 2.24) is 10.3 Å². The standard InChI is InChI=1S/C15H20N2O2/c1-2-8-16-12-13-3-5-14(6-4-13)18-10-7-15-17-9-11-19-15/h3-6,9,11,16H,2,7-8,10,12H2,1H3. The van der Waals surface area contributed by atoms with Crippen molar-refractivity contribution >= 4 is 0 Å². The highest BCUT2D eigenvalue weighted by Crippen LogP contribution is 2.12. The molecule has 4 nitrogen and oxygen atoms in total. The lowest BCUT2D eigenvalue weighted by Crippen LogP contribution is -2.13. The fourth-order valence-corrected chi connectivity index (χ4v) is 1.75. The molecule has 102 valence electrons. The van der Waals surface area contributed by atoms with Gasteiger partial charge < -0.3 is 14.5 Å². The number of nitrogens with one attached hydrogen (secondary N) is 1. The van der Waals surface area contributed by atoms with Gasteiger partial charge in [0, 0.05) is 6.54 Å². The van der Waals surface area contributed by atoms with Crippen LogP contribution in [-0.2, 0) is 13.0 Å². The van der Waals surface area contributed by atoms with Crippen molar-refractivity contribution in [2.45, 2.75) is 26.3 Å². The Bertz CT molecular complexity index is 452. The van der Waals surface area contributed by atoms with Crippen molar-refractivity contribution in [2.75, 3.05) is 13.2 Å². The summed E-state index contributed by atoms with van der Waals surface area (Å²) in [5.41, 5.74) is 1.27. The second-order valence-corrected chi connectivity index (χ2v) is 4.35. The average molecular weight is 260 g/mol. The van der Waals surface area contributed by atoms with Crippen LogP contribution in [0.2, 0.25) is 0 Å². The molecule has 2 aromatic rings. The number of hydrogen-bond donors (Lipinski definition) is 1. The Balaban J connectivity index is 1.72. The quantitative estimate of drug-likeness (QED) is 0.741. The minimum absolute atomic E-state index is 0.577. The maximum Gasteiger partial charge on any atom is 0.197 e. The lowest BCUT2D eigenvalue weighted by atomic mass is 10.2. The lowest BCUT2D eigenvalue weighted by Gasteiger charge is -2.07. The summed E-state index contributed by atoms with van der Waals surface area (Å²) < 4.78 is 10.8. The molecule has 0 aliphatic carbocycles. The summed E-state index contributed by atoms with van der Waals surface area (Å²) in [6.45, 7) is 4.70. The van der Waals surface area contributed by atoms with Gasteiger partial charge in [0.05, 0.1) is 19.2 Å². The Kier molecular flexibility index (Phi) is 5.44.